The minimum absolute atomic E-state index is 0.0699. The third kappa shape index (κ3) is 4.41. The van der Waals surface area contributed by atoms with Crippen molar-refractivity contribution < 1.29 is 9.32 Å². The van der Waals surface area contributed by atoms with Crippen molar-refractivity contribution in [3.8, 4) is 0 Å². The van der Waals surface area contributed by atoms with E-state index in [1.807, 2.05) is 24.3 Å². The van der Waals surface area contributed by atoms with Gasteiger partial charge in [-0.05, 0) is 41.5 Å². The maximum absolute atomic E-state index is 13.0. The number of benzene rings is 2. The topological polar surface area (TPSA) is 73.0 Å². The molecular formula is C25H22Cl2N4O2. The highest BCUT2D eigenvalue weighted by atomic mass is 35.5. The van der Waals surface area contributed by atoms with Crippen molar-refractivity contribution in [2.75, 3.05) is 5.32 Å². The van der Waals surface area contributed by atoms with E-state index in [1.165, 1.54) is 5.56 Å². The first-order valence-corrected chi connectivity index (χ1v) is 11.5. The zero-order valence-electron chi connectivity index (χ0n) is 18.0. The molecule has 1 amide bonds. The van der Waals surface area contributed by atoms with E-state index < -0.39 is 0 Å². The molecule has 33 heavy (non-hydrogen) atoms. The molecule has 0 fully saturated rings. The van der Waals surface area contributed by atoms with Gasteiger partial charge in [0.15, 0.2) is 5.69 Å². The summed E-state index contributed by atoms with van der Waals surface area (Å²) in [6.07, 6.45) is 5.77. The van der Waals surface area contributed by atoms with Crippen LogP contribution < -0.4 is 5.32 Å². The first-order chi connectivity index (χ1) is 15.9. The molecule has 0 aliphatic heterocycles. The fourth-order valence-corrected chi connectivity index (χ4v) is 4.71. The van der Waals surface area contributed by atoms with Crippen molar-refractivity contribution in [2.24, 2.45) is 0 Å². The third-order valence-corrected chi connectivity index (χ3v) is 6.98. The van der Waals surface area contributed by atoms with Gasteiger partial charge in [0.25, 0.3) is 5.91 Å². The van der Waals surface area contributed by atoms with E-state index >= 15 is 0 Å². The number of anilines is 1. The Labute approximate surface area is 201 Å². The van der Waals surface area contributed by atoms with Crippen LogP contribution in [-0.2, 0) is 24.8 Å². The molecule has 1 aliphatic carbocycles. The molecule has 2 aromatic heterocycles. The summed E-state index contributed by atoms with van der Waals surface area (Å²) in [7, 11) is 0. The lowest BCUT2D eigenvalue weighted by atomic mass is 9.70. The fraction of sp³-hybridized carbons (Fsp3) is 0.240. The molecule has 0 spiro atoms. The Morgan fingerprint density at radius 2 is 2.00 bits per heavy atom. The number of amides is 1. The van der Waals surface area contributed by atoms with E-state index in [-0.39, 0.29) is 11.3 Å². The monoisotopic (exact) mass is 480 g/mol. The van der Waals surface area contributed by atoms with Crippen LogP contribution in [0.1, 0.15) is 46.3 Å². The van der Waals surface area contributed by atoms with E-state index in [9.17, 15) is 4.79 Å². The number of nitrogens with zero attached hydrogens (tertiary/aromatic N) is 3. The molecule has 6 nitrogen and oxygen atoms in total. The van der Waals surface area contributed by atoms with Crippen LogP contribution in [0.5, 0.6) is 0 Å². The molecule has 8 heteroatoms. The number of hydrogen-bond acceptors (Lipinski definition) is 4. The molecule has 2 heterocycles. The maximum Gasteiger partial charge on any atom is 0.278 e. The number of halogens is 2. The van der Waals surface area contributed by atoms with Crippen LogP contribution in [-0.4, -0.2) is 20.8 Å². The SMILES string of the molecule is CC1(c2ccccc2)CCc2onc(C(=O)Nc3cnn(Cc4ccc(Cl)c(Cl)c4)c3)c2C1. The van der Waals surface area contributed by atoms with Crippen LogP contribution >= 0.6 is 23.2 Å². The molecule has 1 N–H and O–H groups in total. The summed E-state index contributed by atoms with van der Waals surface area (Å²) >= 11 is 12.1. The maximum atomic E-state index is 13.0. The van der Waals surface area contributed by atoms with Gasteiger partial charge in [-0.25, -0.2) is 0 Å². The van der Waals surface area contributed by atoms with Crippen LogP contribution in [0.2, 0.25) is 10.0 Å². The molecule has 0 radical (unpaired) electrons. The third-order valence-electron chi connectivity index (χ3n) is 6.25. The van der Waals surface area contributed by atoms with Gasteiger partial charge in [-0.1, -0.05) is 71.7 Å². The first-order valence-electron chi connectivity index (χ1n) is 10.7. The predicted octanol–water partition coefficient (Wildman–Crippen LogP) is 5.93. The molecule has 1 atom stereocenters. The van der Waals surface area contributed by atoms with Gasteiger partial charge in [-0.15, -0.1) is 0 Å². The lowest BCUT2D eigenvalue weighted by Crippen LogP contribution is -2.31. The lowest BCUT2D eigenvalue weighted by Gasteiger charge is -2.33. The minimum atomic E-state index is -0.300. The van der Waals surface area contributed by atoms with Crippen LogP contribution in [0.15, 0.2) is 65.4 Å². The van der Waals surface area contributed by atoms with Gasteiger partial charge >= 0.3 is 0 Å². The minimum Gasteiger partial charge on any atom is -0.360 e. The van der Waals surface area contributed by atoms with Gasteiger partial charge in [-0.3, -0.25) is 9.48 Å². The Kier molecular flexibility index (Phi) is 5.72. The zero-order chi connectivity index (χ0) is 23.0. The molecule has 1 aliphatic rings. The molecule has 1 unspecified atom stereocenters. The van der Waals surface area contributed by atoms with Crippen molar-refractivity contribution in [3.05, 3.63) is 99.1 Å². The zero-order valence-corrected chi connectivity index (χ0v) is 19.5. The van der Waals surface area contributed by atoms with Crippen LogP contribution in [0.3, 0.4) is 0 Å². The molecule has 0 saturated heterocycles. The van der Waals surface area contributed by atoms with Crippen LogP contribution in [0.4, 0.5) is 5.69 Å². The Balaban J connectivity index is 1.31. The standard InChI is InChI=1S/C25H22Cl2N4O2/c1-25(17-5-3-2-4-6-17)10-9-22-19(12-25)23(30-33-22)24(32)29-18-13-28-31(15-18)14-16-7-8-20(26)21(27)11-16/h2-8,11,13,15H,9-10,12,14H2,1H3,(H,29,32). The van der Waals surface area contributed by atoms with Crippen LogP contribution in [0.25, 0.3) is 0 Å². The highest BCUT2D eigenvalue weighted by Crippen LogP contribution is 2.39. The summed E-state index contributed by atoms with van der Waals surface area (Å²) in [6.45, 7) is 2.73. The van der Waals surface area contributed by atoms with E-state index in [1.54, 1.807) is 29.2 Å². The van der Waals surface area contributed by atoms with E-state index in [2.05, 4.69) is 34.6 Å². The van der Waals surface area contributed by atoms with Gasteiger partial charge in [0.1, 0.15) is 5.76 Å². The second-order valence-electron chi connectivity index (χ2n) is 8.67. The Morgan fingerprint density at radius 1 is 1.18 bits per heavy atom. The average Bonchev–Trinajstić information content (AvgIpc) is 3.43. The molecule has 2 aromatic carbocycles. The van der Waals surface area contributed by atoms with Gasteiger partial charge in [0, 0.05) is 18.2 Å². The molecule has 0 saturated carbocycles. The van der Waals surface area contributed by atoms with Gasteiger partial charge in [0.05, 0.1) is 28.5 Å². The second-order valence-corrected chi connectivity index (χ2v) is 9.48. The van der Waals surface area contributed by atoms with Gasteiger partial charge < -0.3 is 9.84 Å². The lowest BCUT2D eigenvalue weighted by molar-refractivity contribution is 0.101. The number of carbonyl (C=O) groups is 1. The van der Waals surface area contributed by atoms with E-state index in [0.29, 0.717) is 34.4 Å². The van der Waals surface area contributed by atoms with Gasteiger partial charge in [-0.2, -0.15) is 5.10 Å². The number of aryl methyl sites for hydroxylation is 1. The first kappa shape index (κ1) is 21.7. The second kappa shape index (κ2) is 8.69. The highest BCUT2D eigenvalue weighted by molar-refractivity contribution is 6.42. The largest absolute Gasteiger partial charge is 0.360 e. The molecular weight excluding hydrogens is 459 g/mol. The predicted molar refractivity (Wildman–Crippen MR) is 128 cm³/mol. The number of hydrogen-bond donors (Lipinski definition) is 1. The smallest absolute Gasteiger partial charge is 0.278 e. The molecule has 5 rings (SSSR count). The summed E-state index contributed by atoms with van der Waals surface area (Å²) in [5, 5.41) is 12.3. The summed E-state index contributed by atoms with van der Waals surface area (Å²) in [5.41, 5.74) is 3.94. The van der Waals surface area contributed by atoms with Crippen molar-refractivity contribution in [3.63, 3.8) is 0 Å². The van der Waals surface area contributed by atoms with Crippen molar-refractivity contribution >= 4 is 34.8 Å². The fourth-order valence-electron chi connectivity index (χ4n) is 4.39. The molecule has 4 aromatic rings. The van der Waals surface area contributed by atoms with Crippen molar-refractivity contribution in [2.45, 2.75) is 38.1 Å². The quantitative estimate of drug-likeness (QED) is 0.384. The number of fused-ring (bicyclic) bond motifs is 1. The van der Waals surface area contributed by atoms with Gasteiger partial charge in [0.2, 0.25) is 0 Å². The Morgan fingerprint density at radius 3 is 2.79 bits per heavy atom. The van der Waals surface area contributed by atoms with Crippen LogP contribution in [0, 0.1) is 0 Å². The number of nitrogens with one attached hydrogen (secondary N) is 1. The molecule has 168 valence electrons. The number of carbonyl (C=O) groups excluding carboxylic acids is 1. The average molecular weight is 481 g/mol. The Bertz CT molecular complexity index is 1320. The summed E-state index contributed by atoms with van der Waals surface area (Å²) < 4.78 is 7.25. The number of rotatable bonds is 5. The summed E-state index contributed by atoms with van der Waals surface area (Å²) in [4.78, 5) is 13.0. The number of aromatic nitrogens is 3. The van der Waals surface area contributed by atoms with Crippen molar-refractivity contribution in [1.29, 1.82) is 0 Å². The van der Waals surface area contributed by atoms with E-state index in [0.717, 1.165) is 29.7 Å². The molecule has 0 bridgehead atoms. The normalized spacial score (nSPS) is 17.5. The Hall–Kier alpha value is -3.09. The summed E-state index contributed by atoms with van der Waals surface area (Å²) in [6, 6.07) is 15.8. The summed E-state index contributed by atoms with van der Waals surface area (Å²) in [5.74, 6) is 0.496. The highest BCUT2D eigenvalue weighted by Gasteiger charge is 2.37. The van der Waals surface area contributed by atoms with Crippen molar-refractivity contribution in [1.82, 2.24) is 14.9 Å². The van der Waals surface area contributed by atoms with E-state index in [4.69, 9.17) is 27.7 Å².